The average Bonchev–Trinajstić information content (AvgIpc) is 0.814. The summed E-state index contributed by atoms with van der Waals surface area (Å²) in [5.41, 5.74) is 22.7. The molecule has 0 spiro atoms. The van der Waals surface area contributed by atoms with Gasteiger partial charge in [0.15, 0.2) is 34.7 Å². The predicted molar refractivity (Wildman–Crippen MR) is 468 cm³/mol. The summed E-state index contributed by atoms with van der Waals surface area (Å²) in [5, 5.41) is -2.98. The van der Waals surface area contributed by atoms with Crippen LogP contribution in [0.5, 0.6) is 0 Å². The number of nitrogens with two attached hydrogens (primary N) is 6. The fraction of sp³-hybridized carbons (Fsp3) is 0.333. The van der Waals surface area contributed by atoms with Gasteiger partial charge in [-0.3, -0.25) is 114 Å². The van der Waals surface area contributed by atoms with Crippen molar-refractivity contribution >= 4 is 169 Å². The average molecular weight is 1760 g/mol. The number of hydrogen-bond acceptors (Lipinski definition) is 30. The summed E-state index contributed by atoms with van der Waals surface area (Å²) in [4.78, 5) is 249. The van der Waals surface area contributed by atoms with E-state index in [1.165, 1.54) is 20.8 Å². The molecule has 12 N–H and O–H groups in total. The van der Waals surface area contributed by atoms with Crippen LogP contribution in [0.2, 0.25) is 0 Å². The van der Waals surface area contributed by atoms with Gasteiger partial charge in [0.2, 0.25) is 0 Å². The van der Waals surface area contributed by atoms with Crippen LogP contribution in [-0.4, -0.2) is 127 Å². The second-order valence-corrected chi connectivity index (χ2v) is 27.1. The lowest BCUT2D eigenvalue weighted by Gasteiger charge is -2.24. The lowest BCUT2D eigenvalue weighted by molar-refractivity contribution is -0.133. The second kappa shape index (κ2) is 36.6. The van der Waals surface area contributed by atoms with Crippen LogP contribution in [0.25, 0.3) is 65.4 Å². The van der Waals surface area contributed by atoms with E-state index < -0.39 is 447 Å². The Hall–Kier alpha value is -15.0. The topological polar surface area (TPSA) is 570 Å². The number of rotatable bonds is 6. The highest BCUT2D eigenvalue weighted by Crippen LogP contribution is 2.33. The SMILES string of the molecule is [2H]c1c([2H])c(N)c2c(=O)n(C3([2H])C(=O)CC(=O)C([2H])([2H])C3([2H])[2H])c(C)nc2c1[2H].[2H]c1c([2H])c(N)c2c(=O)n(C3C(=O)CC(=O)C([2H])([2H])C3([2H])[2H])c(C)nc2c1[2H].[2H]c1c([2H])c(N)c2c(=O)n([C@@H]3C(=O)CC(=O)C([2H])([2H])C3([2H])[2H])c(C)nc2c1[2H].[2H]c1c([2H])c(N)c2c(=O)n([C@@]3([2H])C(=O)CC(=O)C([2H])([2H])C3([2H])[2H])c(C)nc2c1[2H].[2H]c1c([2H])c(N)c2c(=O)n([C@H]3C(=O)CC(=O)C([2H])([2H])C3([2H])[2H])c(C)nc2c1[2H].[2H]c1c([2H])c(N)c2c(=O)n([C@]3([2H])C(=O)CC(=O)C([2H])([2H])C3([2H])[2H])c(C)nc2c1[2H]. The molecule has 36 heteroatoms. The van der Waals surface area contributed by atoms with Crippen molar-refractivity contribution in [3.63, 3.8) is 0 Å². The first-order valence-corrected chi connectivity index (χ1v) is 36.2. The van der Waals surface area contributed by atoms with Gasteiger partial charge in [0.25, 0.3) is 33.4 Å². The lowest BCUT2D eigenvalue weighted by Crippen LogP contribution is -2.36. The van der Waals surface area contributed by atoms with Crippen LogP contribution in [0.1, 0.15) is 248 Å². The smallest absolute Gasteiger partial charge is 0.264 e. The highest BCUT2D eigenvalue weighted by Gasteiger charge is 2.38. The fourth-order valence-electron chi connectivity index (χ4n) is 13.0. The molecule has 6 fully saturated rings. The molecule has 6 aliphatic carbocycles. The number of carbonyl (C=O) groups is 12. The Morgan fingerprint density at radius 1 is 0.254 bits per heavy atom. The number of aromatic nitrogens is 12. The van der Waals surface area contributed by atoms with Crippen molar-refractivity contribution in [3.8, 4) is 0 Å². The largest absolute Gasteiger partial charge is 0.398 e. The molecule has 0 saturated heterocycles. The van der Waals surface area contributed by atoms with Crippen LogP contribution in [0.4, 0.5) is 34.1 Å². The summed E-state index contributed by atoms with van der Waals surface area (Å²) in [6.45, 7) is 7.18. The van der Waals surface area contributed by atoms with Gasteiger partial charge in [0, 0.05) is 105 Å². The van der Waals surface area contributed by atoms with Crippen LogP contribution in [0.3, 0.4) is 0 Å². The van der Waals surface area contributed by atoms with E-state index in [2.05, 4.69) is 29.9 Å². The van der Waals surface area contributed by atoms with E-state index in [0.29, 0.717) is 27.4 Å². The number of anilines is 6. The first kappa shape index (κ1) is 47.6. The molecule has 0 bridgehead atoms. The highest BCUT2D eigenvalue weighted by atomic mass is 16.2. The Morgan fingerprint density at radius 3 is 0.603 bits per heavy atom. The minimum Gasteiger partial charge on any atom is -0.398 e. The molecule has 2 unspecified atom stereocenters. The van der Waals surface area contributed by atoms with Crippen LogP contribution in [-0.2, 0) is 57.5 Å². The van der Waals surface area contributed by atoms with Gasteiger partial charge in [-0.05, 0) is 152 Å². The van der Waals surface area contributed by atoms with E-state index in [-0.39, 0.29) is 50.6 Å². The third-order valence-corrected chi connectivity index (χ3v) is 18.6. The van der Waals surface area contributed by atoms with Gasteiger partial charge in [0.05, 0.1) is 169 Å². The molecule has 0 amide bonds. The van der Waals surface area contributed by atoms with Gasteiger partial charge >= 0.3 is 0 Å². The van der Waals surface area contributed by atoms with Crippen molar-refractivity contribution in [2.24, 2.45) is 0 Å². The molecule has 648 valence electrons. The molecule has 0 radical (unpaired) electrons. The molecule has 6 heterocycles. The number of nitrogens with zero attached hydrogens (tertiary/aromatic N) is 12. The molecule has 0 aliphatic heterocycles. The number of Topliss-reactive ketones (excluding diaryl/α,β-unsaturated/α-hetero) is 12. The summed E-state index contributed by atoms with van der Waals surface area (Å²) in [6.07, 6.45) is -44.3. The van der Waals surface area contributed by atoms with E-state index in [4.69, 9.17) is 96.1 Å². The molecule has 6 aliphatic rings. The number of benzene rings is 6. The minimum atomic E-state index is -3.45. The highest BCUT2D eigenvalue weighted by molar-refractivity contribution is 6.08. The first-order chi connectivity index (χ1) is 77.6. The summed E-state index contributed by atoms with van der Waals surface area (Å²) >= 11 is 0. The van der Waals surface area contributed by atoms with E-state index in [1.54, 1.807) is 0 Å². The standard InChI is InChI=1S/6C15H15N3O3/c6*1-8-17-11-4-2-3-10(16)14(11)15(21)18(8)12-6-5-9(19)7-13(12)20/h6*2-4,12H,5-7,16H2,1H3/t4*12-;;/m1100../s1/i2D,3D,4D,5D2,6D2,12D;2D,3D,4D,5D2,6D2;2D,3D,4D,5D2,6D2,12D;2D,3D,4D,5D2,6D2;2D,3D,4D,5D2,6D2,12D;2D,3D,4D,5D2,6D2. The van der Waals surface area contributed by atoms with Crippen LogP contribution < -0.4 is 67.8 Å². The van der Waals surface area contributed by atoms with Crippen molar-refractivity contribution in [1.82, 2.24) is 57.3 Å². The minimum absolute atomic E-state index is 0.213. The maximum Gasteiger partial charge on any atom is 0.264 e. The summed E-state index contributed by atoms with van der Waals surface area (Å²) in [5.74, 6) is -16.6. The second-order valence-electron chi connectivity index (χ2n) is 27.1. The van der Waals surface area contributed by atoms with E-state index >= 15 is 0 Å². The molecule has 36 nitrogen and oxygen atoms in total. The van der Waals surface area contributed by atoms with Gasteiger partial charge in [-0.2, -0.15) is 0 Å². The molecule has 12 aromatic rings. The van der Waals surface area contributed by atoms with E-state index in [0.717, 1.165) is 20.8 Å². The molecule has 6 atom stereocenters. The van der Waals surface area contributed by atoms with Crippen LogP contribution in [0, 0.1) is 41.5 Å². The van der Waals surface area contributed by atoms with Crippen molar-refractivity contribution in [3.05, 3.63) is 206 Å². The number of nitrogen functional groups attached to an aromatic ring is 6. The van der Waals surface area contributed by atoms with Crippen molar-refractivity contribution in [1.29, 1.82) is 0 Å². The maximum absolute atomic E-state index is 13.2. The maximum atomic E-state index is 13.2. The number of carbonyl (C=O) groups excluding carboxylic acids is 12. The molecule has 18 rings (SSSR count). The number of hydrogen-bond donors (Lipinski definition) is 6. The Kier molecular flexibility index (Phi) is 13.8. The Morgan fingerprint density at radius 2 is 0.413 bits per heavy atom. The number of aryl methyl sites for hydroxylation is 6. The Balaban J connectivity index is 0.000000168. The summed E-state index contributed by atoms with van der Waals surface area (Å²) in [6, 6.07) is -26.0. The third-order valence-electron chi connectivity index (χ3n) is 18.6. The zero-order valence-corrected chi connectivity index (χ0v) is 65.7. The zero-order valence-electron chi connectivity index (χ0n) is 111. The predicted octanol–water partition coefficient (Wildman–Crippen LogP) is 6.90. The van der Waals surface area contributed by atoms with Crippen molar-refractivity contribution < 1.29 is 119 Å². The molecule has 6 saturated carbocycles. The van der Waals surface area contributed by atoms with Gasteiger partial charge in [-0.25, -0.2) is 29.9 Å². The normalized spacial score (nSPS) is 30.9. The van der Waals surface area contributed by atoms with Gasteiger partial charge < -0.3 is 34.4 Å². The van der Waals surface area contributed by atoms with Crippen molar-refractivity contribution in [2.45, 2.75) is 193 Å². The molecule has 6 aromatic heterocycles. The van der Waals surface area contributed by atoms with Gasteiger partial charge in [0.1, 0.15) is 69.6 Å². The summed E-state index contributed by atoms with van der Waals surface area (Å²) < 4.78 is 360. The van der Waals surface area contributed by atoms with Crippen LogP contribution >= 0.6 is 0 Å². The lowest BCUT2D eigenvalue weighted by atomic mass is 9.92. The number of ketones is 12. The fourth-order valence-corrected chi connectivity index (χ4v) is 13.0. The van der Waals surface area contributed by atoms with Gasteiger partial charge in [-0.15, -0.1) is 0 Å². The monoisotopic (exact) mass is 1760 g/mol. The van der Waals surface area contributed by atoms with Crippen molar-refractivity contribution in [2.75, 3.05) is 34.4 Å². The van der Waals surface area contributed by atoms with E-state index in [1.807, 2.05) is 0 Å². The summed E-state index contributed by atoms with van der Waals surface area (Å²) in [7, 11) is 0. The zero-order chi connectivity index (χ0) is 131. The Labute approximate surface area is 777 Å². The Bertz CT molecular complexity index is 8850. The molecular weight excluding hydrogens is 1620 g/mol. The quantitative estimate of drug-likeness (QED) is 0.0727. The molecule has 126 heavy (non-hydrogen) atoms. The van der Waals surface area contributed by atoms with Gasteiger partial charge in [-0.1, -0.05) is 36.3 Å². The third kappa shape index (κ3) is 17.8. The molecular formula is C90H90N18O18. The van der Waals surface area contributed by atoms with Crippen LogP contribution in [0.15, 0.2) is 138 Å². The van der Waals surface area contributed by atoms with E-state index in [9.17, 15) is 86.3 Å². The number of fused-ring (bicyclic) bond motifs is 6. The first-order valence-electron chi connectivity index (χ1n) is 58.7. The molecule has 6 aromatic carbocycles.